The topological polar surface area (TPSA) is 86.0 Å². The van der Waals surface area contributed by atoms with Crippen LogP contribution in [0.4, 0.5) is 5.82 Å². The van der Waals surface area contributed by atoms with Crippen LogP contribution in [-0.2, 0) is 6.54 Å². The van der Waals surface area contributed by atoms with Gasteiger partial charge in [-0.25, -0.2) is 9.67 Å². The summed E-state index contributed by atoms with van der Waals surface area (Å²) >= 11 is 1.49. The molecule has 1 aromatic carbocycles. The standard InChI is InChI=1S/C21H28N6OS/c1-5-7-8-11-15(3)14-27-19(22)18(24-25-27)20(26(4)6-2)29-21-23-16-12-9-10-13-17(16)28-21/h7-13,20H,5-6,14,22H2,1-4H3/b8-7-,15-11+. The SMILES string of the molecule is CC/C=C\C=C(/C)Cn1nnc(C(Sc2nc3ccccc3o2)N(C)CC)c1N. The van der Waals surface area contributed by atoms with Crippen molar-refractivity contribution in [1.29, 1.82) is 0 Å². The Balaban J connectivity index is 1.84. The maximum Gasteiger partial charge on any atom is 0.258 e. The largest absolute Gasteiger partial charge is 0.431 e. The van der Waals surface area contributed by atoms with Gasteiger partial charge < -0.3 is 10.2 Å². The van der Waals surface area contributed by atoms with Gasteiger partial charge in [-0.2, -0.15) is 0 Å². The van der Waals surface area contributed by atoms with E-state index in [0.717, 1.165) is 35.3 Å². The van der Waals surface area contributed by atoms with Crippen molar-refractivity contribution in [3.63, 3.8) is 0 Å². The fraction of sp³-hybridized carbons (Fsp3) is 0.381. The maximum atomic E-state index is 6.43. The van der Waals surface area contributed by atoms with Crippen LogP contribution in [0, 0.1) is 0 Å². The molecule has 0 aliphatic rings. The Morgan fingerprint density at radius 3 is 2.86 bits per heavy atom. The smallest absolute Gasteiger partial charge is 0.258 e. The van der Waals surface area contributed by atoms with E-state index in [1.807, 2.05) is 31.3 Å². The van der Waals surface area contributed by atoms with Crippen LogP contribution < -0.4 is 5.73 Å². The van der Waals surface area contributed by atoms with Crippen molar-refractivity contribution in [3.8, 4) is 0 Å². The van der Waals surface area contributed by atoms with Crippen molar-refractivity contribution in [3.05, 3.63) is 53.8 Å². The number of nitrogens with two attached hydrogens (primary N) is 1. The Morgan fingerprint density at radius 1 is 1.34 bits per heavy atom. The van der Waals surface area contributed by atoms with Gasteiger partial charge in [0.1, 0.15) is 22.4 Å². The van der Waals surface area contributed by atoms with Crippen LogP contribution in [0.25, 0.3) is 11.1 Å². The average molecular weight is 413 g/mol. The minimum atomic E-state index is -0.147. The molecule has 0 amide bonds. The van der Waals surface area contributed by atoms with E-state index in [9.17, 15) is 0 Å². The van der Waals surface area contributed by atoms with E-state index in [4.69, 9.17) is 10.2 Å². The first-order valence-corrected chi connectivity index (χ1v) is 10.6. The predicted molar refractivity (Wildman–Crippen MR) is 119 cm³/mol. The molecule has 0 spiro atoms. The lowest BCUT2D eigenvalue weighted by Crippen LogP contribution is -2.23. The lowest BCUT2D eigenvalue weighted by atomic mass is 10.2. The molecule has 154 valence electrons. The third kappa shape index (κ3) is 5.07. The molecule has 3 rings (SSSR count). The lowest BCUT2D eigenvalue weighted by molar-refractivity contribution is 0.329. The highest BCUT2D eigenvalue weighted by Gasteiger charge is 2.27. The first-order valence-electron chi connectivity index (χ1n) is 9.77. The Bertz CT molecular complexity index is 973. The lowest BCUT2D eigenvalue weighted by Gasteiger charge is -2.23. The van der Waals surface area contributed by atoms with Gasteiger partial charge in [0.2, 0.25) is 0 Å². The van der Waals surface area contributed by atoms with Crippen LogP contribution in [-0.4, -0.2) is 38.5 Å². The van der Waals surface area contributed by atoms with Gasteiger partial charge in [-0.1, -0.05) is 55.0 Å². The number of allylic oxidation sites excluding steroid dienone is 4. The van der Waals surface area contributed by atoms with Crippen molar-refractivity contribution in [2.24, 2.45) is 0 Å². The number of nitrogens with zero attached hydrogens (tertiary/aromatic N) is 5. The normalized spacial score (nSPS) is 13.8. The fourth-order valence-electron chi connectivity index (χ4n) is 2.80. The first kappa shape index (κ1) is 21.1. The number of fused-ring (bicyclic) bond motifs is 1. The third-order valence-electron chi connectivity index (χ3n) is 4.57. The van der Waals surface area contributed by atoms with E-state index in [1.54, 1.807) is 4.68 Å². The molecule has 2 heterocycles. The molecule has 2 N–H and O–H groups in total. The van der Waals surface area contributed by atoms with Crippen LogP contribution in [0.3, 0.4) is 0 Å². The van der Waals surface area contributed by atoms with E-state index < -0.39 is 0 Å². The van der Waals surface area contributed by atoms with Gasteiger partial charge in [-0.3, -0.25) is 4.90 Å². The number of thioether (sulfide) groups is 1. The zero-order valence-corrected chi connectivity index (χ0v) is 18.2. The molecule has 8 heteroatoms. The summed E-state index contributed by atoms with van der Waals surface area (Å²) in [5.41, 5.74) is 9.92. The highest BCUT2D eigenvalue weighted by molar-refractivity contribution is 7.99. The van der Waals surface area contributed by atoms with Crippen molar-refractivity contribution in [2.75, 3.05) is 19.3 Å². The zero-order chi connectivity index (χ0) is 20.8. The second kappa shape index (κ2) is 9.76. The Morgan fingerprint density at radius 2 is 2.14 bits per heavy atom. The fourth-order valence-corrected chi connectivity index (χ4v) is 3.89. The molecule has 7 nitrogen and oxygen atoms in total. The molecule has 0 aliphatic carbocycles. The molecule has 0 radical (unpaired) electrons. The third-order valence-corrected chi connectivity index (χ3v) is 5.76. The summed E-state index contributed by atoms with van der Waals surface area (Å²) in [5.74, 6) is 0.561. The van der Waals surface area contributed by atoms with E-state index in [0.29, 0.717) is 17.6 Å². The highest BCUT2D eigenvalue weighted by Crippen LogP contribution is 2.39. The predicted octanol–water partition coefficient (Wildman–Crippen LogP) is 4.66. The number of anilines is 1. The van der Waals surface area contributed by atoms with Crippen LogP contribution in [0.5, 0.6) is 0 Å². The summed E-state index contributed by atoms with van der Waals surface area (Å²) in [5, 5.41) is 9.13. The molecule has 0 fully saturated rings. The molecule has 3 aromatic rings. The number of hydrogen-bond acceptors (Lipinski definition) is 7. The zero-order valence-electron chi connectivity index (χ0n) is 17.4. The molecule has 0 saturated carbocycles. The monoisotopic (exact) mass is 412 g/mol. The molecule has 1 unspecified atom stereocenters. The van der Waals surface area contributed by atoms with Crippen molar-refractivity contribution < 1.29 is 4.42 Å². The van der Waals surface area contributed by atoms with Crippen LogP contribution >= 0.6 is 11.8 Å². The molecule has 29 heavy (non-hydrogen) atoms. The van der Waals surface area contributed by atoms with Gasteiger partial charge in [-0.05, 0) is 50.8 Å². The molecular formula is C21H28N6OS. The molecule has 0 aliphatic heterocycles. The van der Waals surface area contributed by atoms with Crippen LogP contribution in [0.1, 0.15) is 38.3 Å². The number of para-hydroxylation sites is 2. The highest BCUT2D eigenvalue weighted by atomic mass is 32.2. The molecular weight excluding hydrogens is 384 g/mol. The molecule has 2 aromatic heterocycles. The van der Waals surface area contributed by atoms with E-state index in [2.05, 4.69) is 59.2 Å². The first-order chi connectivity index (χ1) is 14.0. The summed E-state index contributed by atoms with van der Waals surface area (Å²) in [6.45, 7) is 7.69. The number of benzene rings is 1. The van der Waals surface area contributed by atoms with E-state index in [1.165, 1.54) is 11.8 Å². The van der Waals surface area contributed by atoms with E-state index >= 15 is 0 Å². The second-order valence-electron chi connectivity index (χ2n) is 6.86. The van der Waals surface area contributed by atoms with Gasteiger partial charge in [0.15, 0.2) is 5.58 Å². The quantitative estimate of drug-likeness (QED) is 0.311. The van der Waals surface area contributed by atoms with Gasteiger partial charge >= 0.3 is 0 Å². The summed E-state index contributed by atoms with van der Waals surface area (Å²) in [4.78, 5) is 6.73. The van der Waals surface area contributed by atoms with Gasteiger partial charge in [0, 0.05) is 0 Å². The van der Waals surface area contributed by atoms with Gasteiger partial charge in [0.25, 0.3) is 5.22 Å². The van der Waals surface area contributed by atoms with Crippen molar-refractivity contribution >= 4 is 28.7 Å². The van der Waals surface area contributed by atoms with Gasteiger partial charge in [-0.15, -0.1) is 5.10 Å². The van der Waals surface area contributed by atoms with Crippen molar-refractivity contribution in [2.45, 2.75) is 44.3 Å². The number of hydrogen-bond donors (Lipinski definition) is 1. The van der Waals surface area contributed by atoms with Gasteiger partial charge in [0.05, 0.1) is 6.54 Å². The number of oxazole rings is 1. The second-order valence-corrected chi connectivity index (χ2v) is 7.89. The number of nitrogen functional groups attached to an aromatic ring is 1. The number of aromatic nitrogens is 4. The van der Waals surface area contributed by atoms with Crippen LogP contribution in [0.15, 0.2) is 57.7 Å². The summed E-state index contributed by atoms with van der Waals surface area (Å²) in [6.07, 6.45) is 7.26. The maximum absolute atomic E-state index is 6.43. The summed E-state index contributed by atoms with van der Waals surface area (Å²) in [6, 6.07) is 7.74. The van der Waals surface area contributed by atoms with Crippen molar-refractivity contribution in [1.82, 2.24) is 24.9 Å². The average Bonchev–Trinajstić information content (AvgIpc) is 3.29. The molecule has 0 saturated heterocycles. The Kier molecular flexibility index (Phi) is 7.11. The minimum absolute atomic E-state index is 0.147. The minimum Gasteiger partial charge on any atom is -0.431 e. The Labute approximate surface area is 175 Å². The number of rotatable bonds is 9. The summed E-state index contributed by atoms with van der Waals surface area (Å²) in [7, 11) is 2.03. The van der Waals surface area contributed by atoms with E-state index in [-0.39, 0.29) is 5.37 Å². The molecule has 1 atom stereocenters. The Hall–Kier alpha value is -2.58. The molecule has 0 bridgehead atoms. The summed E-state index contributed by atoms with van der Waals surface area (Å²) < 4.78 is 7.63. The van der Waals surface area contributed by atoms with Crippen LogP contribution in [0.2, 0.25) is 0 Å².